The van der Waals surface area contributed by atoms with Crippen molar-refractivity contribution < 1.29 is 9.53 Å². The van der Waals surface area contributed by atoms with Crippen LogP contribution in [0.4, 0.5) is 0 Å². The smallest absolute Gasteiger partial charge is 0.159 e. The molecule has 2 aliphatic heterocycles. The third-order valence-corrected chi connectivity index (χ3v) is 5.38. The van der Waals surface area contributed by atoms with E-state index < -0.39 is 0 Å². The second-order valence-corrected chi connectivity index (χ2v) is 6.77. The van der Waals surface area contributed by atoms with Crippen molar-refractivity contribution in [1.29, 1.82) is 0 Å². The van der Waals surface area contributed by atoms with E-state index in [1.54, 1.807) is 6.92 Å². The Morgan fingerprint density at radius 3 is 2.52 bits per heavy atom. The Balaban J connectivity index is 1.58. The minimum Gasteiger partial charge on any atom is -0.379 e. The van der Waals surface area contributed by atoms with Gasteiger partial charge in [-0.25, -0.2) is 0 Å². The summed E-state index contributed by atoms with van der Waals surface area (Å²) in [7, 11) is 0. The van der Waals surface area contributed by atoms with Crippen LogP contribution in [-0.4, -0.2) is 61.0 Å². The van der Waals surface area contributed by atoms with Crippen LogP contribution in [0.25, 0.3) is 0 Å². The predicted molar refractivity (Wildman–Crippen MR) is 91.8 cm³/mol. The summed E-state index contributed by atoms with van der Waals surface area (Å²) in [5.74, 6) is 0.144. The largest absolute Gasteiger partial charge is 0.379 e. The molecule has 0 saturated carbocycles. The maximum Gasteiger partial charge on any atom is 0.159 e. The number of benzene rings is 1. The summed E-state index contributed by atoms with van der Waals surface area (Å²) in [4.78, 5) is 16.7. The first-order valence-electron chi connectivity index (χ1n) is 8.82. The SMILES string of the molecule is CC(=O)c1cccc(C(C)N2CCC(N3CCOCC3)CC2)c1. The molecule has 2 aliphatic rings. The number of Topliss-reactive ketones (excluding diaryl/α,β-unsaturated/α-hetero) is 1. The highest BCUT2D eigenvalue weighted by atomic mass is 16.5. The number of morpholine rings is 1. The number of nitrogens with zero attached hydrogens (tertiary/aromatic N) is 2. The minimum absolute atomic E-state index is 0.144. The molecule has 126 valence electrons. The van der Waals surface area contributed by atoms with Gasteiger partial charge < -0.3 is 4.74 Å². The predicted octanol–water partition coefficient (Wildman–Crippen LogP) is 2.75. The lowest BCUT2D eigenvalue weighted by Gasteiger charge is -2.42. The molecule has 2 saturated heterocycles. The van der Waals surface area contributed by atoms with Crippen molar-refractivity contribution in [3.63, 3.8) is 0 Å². The van der Waals surface area contributed by atoms with Crippen LogP contribution in [0.1, 0.15) is 48.7 Å². The maximum atomic E-state index is 11.6. The molecule has 2 heterocycles. The van der Waals surface area contributed by atoms with Crippen LogP contribution in [-0.2, 0) is 4.74 Å². The molecule has 0 N–H and O–H groups in total. The number of ketones is 1. The van der Waals surface area contributed by atoms with Crippen molar-refractivity contribution in [3.05, 3.63) is 35.4 Å². The van der Waals surface area contributed by atoms with Crippen LogP contribution in [0.15, 0.2) is 24.3 Å². The maximum absolute atomic E-state index is 11.6. The average molecular weight is 316 g/mol. The molecule has 1 unspecified atom stereocenters. The molecule has 4 heteroatoms. The van der Waals surface area contributed by atoms with E-state index in [0.717, 1.165) is 45.0 Å². The molecule has 0 aliphatic carbocycles. The lowest BCUT2D eigenvalue weighted by Crippen LogP contribution is -2.49. The fraction of sp³-hybridized carbons (Fsp3) is 0.632. The van der Waals surface area contributed by atoms with Crippen molar-refractivity contribution in [1.82, 2.24) is 9.80 Å². The monoisotopic (exact) mass is 316 g/mol. The molecule has 1 aromatic carbocycles. The number of likely N-dealkylation sites (tertiary alicyclic amines) is 1. The lowest BCUT2D eigenvalue weighted by atomic mass is 9.97. The summed E-state index contributed by atoms with van der Waals surface area (Å²) in [6, 6.07) is 9.20. The van der Waals surface area contributed by atoms with Gasteiger partial charge in [0.05, 0.1) is 13.2 Å². The van der Waals surface area contributed by atoms with Crippen molar-refractivity contribution in [2.24, 2.45) is 0 Å². The summed E-state index contributed by atoms with van der Waals surface area (Å²) in [5.41, 5.74) is 2.07. The first-order chi connectivity index (χ1) is 11.1. The fourth-order valence-corrected chi connectivity index (χ4v) is 3.81. The fourth-order valence-electron chi connectivity index (χ4n) is 3.81. The Morgan fingerprint density at radius 2 is 1.87 bits per heavy atom. The first-order valence-corrected chi connectivity index (χ1v) is 8.82. The molecule has 1 atom stereocenters. The van der Waals surface area contributed by atoms with Gasteiger partial charge in [-0.15, -0.1) is 0 Å². The molecule has 2 fully saturated rings. The summed E-state index contributed by atoms with van der Waals surface area (Å²) < 4.78 is 5.46. The second-order valence-electron chi connectivity index (χ2n) is 6.77. The van der Waals surface area contributed by atoms with E-state index in [0.29, 0.717) is 12.1 Å². The van der Waals surface area contributed by atoms with Gasteiger partial charge in [0, 0.05) is 43.8 Å². The quantitative estimate of drug-likeness (QED) is 0.800. The Bertz CT molecular complexity index is 532. The summed E-state index contributed by atoms with van der Waals surface area (Å²) in [6.45, 7) is 10.1. The van der Waals surface area contributed by atoms with Gasteiger partial charge in [-0.05, 0) is 38.3 Å². The molecular formula is C19H28N2O2. The molecule has 3 rings (SSSR count). The number of piperidine rings is 1. The molecule has 0 amide bonds. The highest BCUT2D eigenvalue weighted by molar-refractivity contribution is 5.94. The molecular weight excluding hydrogens is 288 g/mol. The third kappa shape index (κ3) is 4.00. The average Bonchev–Trinajstić information content (AvgIpc) is 2.62. The number of carbonyl (C=O) groups excluding carboxylic acids is 1. The van der Waals surface area contributed by atoms with Crippen molar-refractivity contribution in [2.45, 2.75) is 38.8 Å². The van der Waals surface area contributed by atoms with Gasteiger partial charge in [-0.3, -0.25) is 14.6 Å². The topological polar surface area (TPSA) is 32.8 Å². The number of hydrogen-bond acceptors (Lipinski definition) is 4. The number of carbonyl (C=O) groups is 1. The zero-order valence-electron chi connectivity index (χ0n) is 14.3. The summed E-state index contributed by atoms with van der Waals surface area (Å²) in [5, 5.41) is 0. The summed E-state index contributed by atoms with van der Waals surface area (Å²) in [6.07, 6.45) is 2.47. The van der Waals surface area contributed by atoms with Crippen LogP contribution in [0.3, 0.4) is 0 Å². The minimum atomic E-state index is 0.144. The van der Waals surface area contributed by atoms with Gasteiger partial charge in [-0.2, -0.15) is 0 Å². The van der Waals surface area contributed by atoms with Gasteiger partial charge in [0.1, 0.15) is 0 Å². The van der Waals surface area contributed by atoms with E-state index in [2.05, 4.69) is 28.9 Å². The molecule has 0 radical (unpaired) electrons. The zero-order valence-corrected chi connectivity index (χ0v) is 14.3. The first kappa shape index (κ1) is 16.6. The molecule has 23 heavy (non-hydrogen) atoms. The molecule has 0 aromatic heterocycles. The van der Waals surface area contributed by atoms with Gasteiger partial charge in [0.25, 0.3) is 0 Å². The second kappa shape index (κ2) is 7.56. The molecule has 1 aromatic rings. The molecule has 0 bridgehead atoms. The highest BCUT2D eigenvalue weighted by Gasteiger charge is 2.28. The van der Waals surface area contributed by atoms with Crippen LogP contribution in [0.2, 0.25) is 0 Å². The van der Waals surface area contributed by atoms with Gasteiger partial charge in [-0.1, -0.05) is 18.2 Å². The molecule has 0 spiro atoms. The van der Waals surface area contributed by atoms with Crippen LogP contribution in [0.5, 0.6) is 0 Å². The number of ether oxygens (including phenoxy) is 1. The van der Waals surface area contributed by atoms with Crippen LogP contribution >= 0.6 is 0 Å². The van der Waals surface area contributed by atoms with Crippen LogP contribution < -0.4 is 0 Å². The van der Waals surface area contributed by atoms with E-state index in [1.165, 1.54) is 18.4 Å². The highest BCUT2D eigenvalue weighted by Crippen LogP contribution is 2.27. The third-order valence-electron chi connectivity index (χ3n) is 5.38. The molecule has 4 nitrogen and oxygen atoms in total. The Kier molecular flexibility index (Phi) is 5.46. The van der Waals surface area contributed by atoms with E-state index in [1.807, 2.05) is 12.1 Å². The normalized spacial score (nSPS) is 22.9. The Hall–Kier alpha value is -1.23. The standard InChI is InChI=1S/C19H28N2O2/c1-15(17-4-3-5-18(14-17)16(2)22)20-8-6-19(7-9-20)21-10-12-23-13-11-21/h3-5,14-15,19H,6-13H2,1-2H3. The summed E-state index contributed by atoms with van der Waals surface area (Å²) >= 11 is 0. The van der Waals surface area contributed by atoms with Crippen LogP contribution in [0, 0.1) is 0 Å². The van der Waals surface area contributed by atoms with Gasteiger partial charge >= 0.3 is 0 Å². The number of rotatable bonds is 4. The Labute approximate surface area is 139 Å². The number of hydrogen-bond donors (Lipinski definition) is 0. The van der Waals surface area contributed by atoms with Crippen molar-refractivity contribution in [2.75, 3.05) is 39.4 Å². The van der Waals surface area contributed by atoms with Gasteiger partial charge in [0.15, 0.2) is 5.78 Å². The zero-order chi connectivity index (χ0) is 16.2. The van der Waals surface area contributed by atoms with E-state index in [4.69, 9.17) is 4.74 Å². The lowest BCUT2D eigenvalue weighted by molar-refractivity contribution is -0.00261. The van der Waals surface area contributed by atoms with E-state index in [-0.39, 0.29) is 5.78 Å². The van der Waals surface area contributed by atoms with Gasteiger partial charge in [0.2, 0.25) is 0 Å². The van der Waals surface area contributed by atoms with E-state index in [9.17, 15) is 4.79 Å². The van der Waals surface area contributed by atoms with Crippen molar-refractivity contribution >= 4 is 5.78 Å². The van der Waals surface area contributed by atoms with E-state index >= 15 is 0 Å². The Morgan fingerprint density at radius 1 is 1.17 bits per heavy atom. The van der Waals surface area contributed by atoms with Crippen molar-refractivity contribution in [3.8, 4) is 0 Å².